The van der Waals surface area contributed by atoms with E-state index in [-0.39, 0.29) is 30.0 Å². The Kier molecular flexibility index (Phi) is 3.47. The maximum absolute atomic E-state index is 11.8. The van der Waals surface area contributed by atoms with Gasteiger partial charge in [0.1, 0.15) is 5.69 Å². The molecule has 2 rings (SSSR count). The molecule has 0 atom stereocenters. The molecule has 0 spiro atoms. The molecule has 1 aromatic rings. The van der Waals surface area contributed by atoms with E-state index in [0.29, 0.717) is 0 Å². The molecule has 1 fully saturated rings. The van der Waals surface area contributed by atoms with Crippen LogP contribution in [0.15, 0.2) is 18.2 Å². The first kappa shape index (κ1) is 13.7. The van der Waals surface area contributed by atoms with Crippen molar-refractivity contribution < 1.29 is 24.0 Å². The Bertz CT molecular complexity index is 624. The average Bonchev–Trinajstić information content (AvgIpc) is 2.75. The van der Waals surface area contributed by atoms with Crippen LogP contribution >= 0.6 is 0 Å². The Morgan fingerprint density at radius 1 is 1.40 bits per heavy atom. The summed E-state index contributed by atoms with van der Waals surface area (Å²) >= 11 is 0. The van der Waals surface area contributed by atoms with E-state index in [1.807, 2.05) is 0 Å². The number of carbonyl (C=O) groups is 3. The maximum atomic E-state index is 11.8. The number of hydrogen-bond acceptors (Lipinski definition) is 6. The Labute approximate surface area is 113 Å². The summed E-state index contributed by atoms with van der Waals surface area (Å²) in [7, 11) is 1.13. The van der Waals surface area contributed by atoms with Crippen molar-refractivity contribution in [3.63, 3.8) is 0 Å². The van der Waals surface area contributed by atoms with Gasteiger partial charge in [0.25, 0.3) is 5.69 Å². The van der Waals surface area contributed by atoms with Gasteiger partial charge in [-0.2, -0.15) is 0 Å². The zero-order valence-electron chi connectivity index (χ0n) is 10.5. The highest BCUT2D eigenvalue weighted by atomic mass is 16.6. The van der Waals surface area contributed by atoms with Crippen LogP contribution in [0.4, 0.5) is 11.4 Å². The molecule has 1 aromatic carbocycles. The Hall–Kier alpha value is -2.77. The van der Waals surface area contributed by atoms with Crippen molar-refractivity contribution >= 4 is 29.0 Å². The van der Waals surface area contributed by atoms with Crippen molar-refractivity contribution in [1.82, 2.24) is 0 Å². The molecule has 0 aliphatic carbocycles. The van der Waals surface area contributed by atoms with E-state index in [9.17, 15) is 24.5 Å². The number of carbonyl (C=O) groups excluding carboxylic acids is 3. The fourth-order valence-corrected chi connectivity index (χ4v) is 2.03. The van der Waals surface area contributed by atoms with E-state index in [0.717, 1.165) is 18.1 Å². The van der Waals surface area contributed by atoms with Gasteiger partial charge >= 0.3 is 5.97 Å². The lowest BCUT2D eigenvalue weighted by molar-refractivity contribution is -0.384. The topological polar surface area (TPSA) is 107 Å². The quantitative estimate of drug-likeness (QED) is 0.348. The smallest absolute Gasteiger partial charge is 0.340 e. The molecule has 8 heteroatoms. The molecule has 0 aromatic heterocycles. The summed E-state index contributed by atoms with van der Waals surface area (Å²) in [5.41, 5.74) is -0.735. The third kappa shape index (κ3) is 2.22. The highest BCUT2D eigenvalue weighted by Gasteiger charge is 2.36. The predicted octanol–water partition coefficient (Wildman–Crippen LogP) is 0.687. The number of methoxy groups -OCH3 is 1. The number of esters is 1. The number of ether oxygens (including phenoxy) is 1. The summed E-state index contributed by atoms with van der Waals surface area (Å²) in [6.07, 6.45) is -0.327. The molecule has 0 bridgehead atoms. The highest BCUT2D eigenvalue weighted by molar-refractivity contribution is 6.17. The molecule has 1 heterocycles. The summed E-state index contributed by atoms with van der Waals surface area (Å²) in [6.45, 7) is -0.284. The Morgan fingerprint density at radius 3 is 2.60 bits per heavy atom. The van der Waals surface area contributed by atoms with Crippen molar-refractivity contribution in [1.29, 1.82) is 0 Å². The molecular weight excluding hydrogens is 268 g/mol. The molecule has 0 saturated carbocycles. The first-order valence-electron chi connectivity index (χ1n) is 5.63. The summed E-state index contributed by atoms with van der Waals surface area (Å²) in [5.74, 6) is -1.74. The van der Waals surface area contributed by atoms with Gasteiger partial charge in [0.15, 0.2) is 5.78 Å². The third-order valence-electron chi connectivity index (χ3n) is 2.87. The molecule has 20 heavy (non-hydrogen) atoms. The fraction of sp³-hybridized carbons (Fsp3) is 0.250. The summed E-state index contributed by atoms with van der Waals surface area (Å²) in [5, 5.41) is 11.1. The van der Waals surface area contributed by atoms with Gasteiger partial charge in [-0.15, -0.1) is 0 Å². The van der Waals surface area contributed by atoms with Crippen LogP contribution in [-0.4, -0.2) is 36.2 Å². The number of nitro benzene ring substituents is 1. The first-order chi connectivity index (χ1) is 9.45. The second-order valence-corrected chi connectivity index (χ2v) is 4.12. The largest absolute Gasteiger partial charge is 0.465 e. The van der Waals surface area contributed by atoms with Gasteiger partial charge in [0.2, 0.25) is 5.91 Å². The van der Waals surface area contributed by atoms with Crippen molar-refractivity contribution in [2.45, 2.75) is 6.42 Å². The highest BCUT2D eigenvalue weighted by Crippen LogP contribution is 2.34. The lowest BCUT2D eigenvalue weighted by Gasteiger charge is -2.17. The molecule has 1 aliphatic rings. The van der Waals surface area contributed by atoms with E-state index >= 15 is 0 Å². The average molecular weight is 278 g/mol. The zero-order chi connectivity index (χ0) is 14.9. The zero-order valence-corrected chi connectivity index (χ0v) is 10.5. The van der Waals surface area contributed by atoms with Crippen molar-refractivity contribution in [3.05, 3.63) is 33.9 Å². The number of hydrogen-bond donors (Lipinski definition) is 0. The predicted molar refractivity (Wildman–Crippen MR) is 66.4 cm³/mol. The van der Waals surface area contributed by atoms with Crippen LogP contribution in [0, 0.1) is 10.1 Å². The fourth-order valence-electron chi connectivity index (χ4n) is 2.03. The number of ketones is 1. The lowest BCUT2D eigenvalue weighted by Crippen LogP contribution is -2.27. The van der Waals surface area contributed by atoms with Gasteiger partial charge in [-0.05, 0) is 6.07 Å². The number of rotatable bonds is 3. The van der Waals surface area contributed by atoms with Crippen molar-refractivity contribution in [2.75, 3.05) is 18.6 Å². The number of Topliss-reactive ketones (excluding diaryl/α,β-unsaturated/α-hetero) is 1. The van der Waals surface area contributed by atoms with Gasteiger partial charge in [0.05, 0.1) is 30.6 Å². The number of benzene rings is 1. The minimum Gasteiger partial charge on any atom is -0.465 e. The van der Waals surface area contributed by atoms with Gasteiger partial charge in [0, 0.05) is 6.07 Å². The lowest BCUT2D eigenvalue weighted by atomic mass is 10.1. The van der Waals surface area contributed by atoms with Gasteiger partial charge in [-0.25, -0.2) is 4.79 Å². The first-order valence-corrected chi connectivity index (χ1v) is 5.63. The molecule has 1 saturated heterocycles. The van der Waals surface area contributed by atoms with Crippen LogP contribution in [0.5, 0.6) is 0 Å². The van der Waals surface area contributed by atoms with Gasteiger partial charge in [-0.1, -0.05) is 6.07 Å². The molecule has 0 radical (unpaired) electrons. The molecule has 1 aliphatic heterocycles. The number of para-hydroxylation sites is 1. The number of nitrogens with zero attached hydrogens (tertiary/aromatic N) is 2. The summed E-state index contributed by atoms with van der Waals surface area (Å²) in [4.78, 5) is 46.1. The van der Waals surface area contributed by atoms with Crippen LogP contribution in [0.25, 0.3) is 0 Å². The van der Waals surface area contributed by atoms with Gasteiger partial charge in [-0.3, -0.25) is 24.6 Å². The maximum Gasteiger partial charge on any atom is 0.340 e. The molecule has 104 valence electrons. The van der Waals surface area contributed by atoms with Crippen molar-refractivity contribution in [3.8, 4) is 0 Å². The van der Waals surface area contributed by atoms with Crippen LogP contribution in [0.1, 0.15) is 16.8 Å². The van der Waals surface area contributed by atoms with E-state index in [2.05, 4.69) is 4.74 Å². The second kappa shape index (κ2) is 5.08. The standard InChI is InChI=1S/C12H10N2O6/c1-20-12(17)8-3-2-4-9(14(18)19)11(8)13-6-7(15)5-10(13)16/h2-4H,5-6H2,1H3. The SMILES string of the molecule is COC(=O)c1cccc([N+](=O)[O-])c1N1CC(=O)CC1=O. The minimum absolute atomic E-state index is 0.121. The second-order valence-electron chi connectivity index (χ2n) is 4.12. The number of amides is 1. The molecule has 8 nitrogen and oxygen atoms in total. The molecular formula is C12H10N2O6. The normalized spacial score (nSPS) is 14.6. The molecule has 0 unspecified atom stereocenters. The van der Waals surface area contributed by atoms with E-state index in [1.165, 1.54) is 12.1 Å². The Morgan fingerprint density at radius 2 is 2.10 bits per heavy atom. The van der Waals surface area contributed by atoms with Crippen LogP contribution < -0.4 is 4.90 Å². The number of anilines is 1. The minimum atomic E-state index is -0.809. The summed E-state index contributed by atoms with van der Waals surface area (Å²) in [6, 6.07) is 3.79. The van der Waals surface area contributed by atoms with E-state index in [1.54, 1.807) is 0 Å². The van der Waals surface area contributed by atoms with E-state index < -0.39 is 22.5 Å². The van der Waals surface area contributed by atoms with Crippen LogP contribution in [0.3, 0.4) is 0 Å². The van der Waals surface area contributed by atoms with Crippen LogP contribution in [0.2, 0.25) is 0 Å². The summed E-state index contributed by atoms with van der Waals surface area (Å²) < 4.78 is 4.55. The monoisotopic (exact) mass is 278 g/mol. The molecule has 0 N–H and O–H groups in total. The van der Waals surface area contributed by atoms with Crippen molar-refractivity contribution in [2.24, 2.45) is 0 Å². The van der Waals surface area contributed by atoms with Gasteiger partial charge < -0.3 is 4.74 Å². The Balaban J connectivity index is 2.64. The molecule has 1 amide bonds. The van der Waals surface area contributed by atoms with E-state index in [4.69, 9.17) is 0 Å². The van der Waals surface area contributed by atoms with Crippen LogP contribution in [-0.2, 0) is 14.3 Å². The number of nitro groups is 1. The third-order valence-corrected chi connectivity index (χ3v) is 2.87.